The number of nitrogens with one attached hydrogen (secondary N) is 1. The minimum atomic E-state index is -3.65. The number of morpholine rings is 1. The lowest BCUT2D eigenvalue weighted by molar-refractivity contribution is -0.118. The lowest BCUT2D eigenvalue weighted by Crippen LogP contribution is -2.46. The molecule has 0 aliphatic carbocycles. The Kier molecular flexibility index (Phi) is 6.10. The van der Waals surface area contributed by atoms with Crippen molar-refractivity contribution in [1.82, 2.24) is 4.31 Å². The average Bonchev–Trinajstić information content (AvgIpc) is 2.67. The molecule has 0 aromatic heterocycles. The molecule has 3 rings (SSSR count). The van der Waals surface area contributed by atoms with E-state index < -0.39 is 10.0 Å². The number of sulfonamides is 1. The van der Waals surface area contributed by atoms with Crippen LogP contribution in [-0.4, -0.2) is 51.0 Å². The first-order valence-corrected chi connectivity index (χ1v) is 10.1. The van der Waals surface area contributed by atoms with Crippen LogP contribution in [0.15, 0.2) is 59.5 Å². The topological polar surface area (TPSA) is 84.9 Å². The number of hydrogen-bond acceptors (Lipinski definition) is 5. The summed E-state index contributed by atoms with van der Waals surface area (Å²) in [7, 11) is -3.65. The van der Waals surface area contributed by atoms with Crippen molar-refractivity contribution in [3.8, 4) is 5.75 Å². The van der Waals surface area contributed by atoms with Gasteiger partial charge in [0.05, 0.1) is 18.1 Å². The Morgan fingerprint density at radius 3 is 2.74 bits per heavy atom. The average molecular weight is 390 g/mol. The second-order valence-corrected chi connectivity index (χ2v) is 8.11. The number of nitrogens with zero attached hydrogens (tertiary/aromatic N) is 1. The molecule has 0 saturated carbocycles. The van der Waals surface area contributed by atoms with Crippen LogP contribution in [0.2, 0.25) is 0 Å². The maximum atomic E-state index is 12.9. The predicted molar refractivity (Wildman–Crippen MR) is 101 cm³/mol. The third-order valence-corrected chi connectivity index (χ3v) is 6.15. The SMILES string of the molecule is CC1COCCN1S(=O)(=O)c1cccc(NC(=O)COc2ccccc2)c1. The molecule has 144 valence electrons. The Labute approximate surface area is 158 Å². The standard InChI is InChI=1S/C19H22N2O5S/c1-15-13-25-11-10-21(15)27(23,24)18-9-5-6-16(12-18)20-19(22)14-26-17-7-3-2-4-8-17/h2-9,12,15H,10-11,13-14H2,1H3,(H,20,22). The van der Waals surface area contributed by atoms with Crippen molar-refractivity contribution in [2.75, 3.05) is 31.7 Å². The Balaban J connectivity index is 1.67. The van der Waals surface area contributed by atoms with Crippen LogP contribution >= 0.6 is 0 Å². The van der Waals surface area contributed by atoms with Gasteiger partial charge in [0.1, 0.15) is 5.75 Å². The molecular weight excluding hydrogens is 368 g/mol. The number of rotatable bonds is 6. The molecule has 1 fully saturated rings. The van der Waals surface area contributed by atoms with Crippen molar-refractivity contribution in [2.45, 2.75) is 17.9 Å². The highest BCUT2D eigenvalue weighted by atomic mass is 32.2. The van der Waals surface area contributed by atoms with Gasteiger partial charge in [0.2, 0.25) is 10.0 Å². The molecule has 8 heteroatoms. The fourth-order valence-corrected chi connectivity index (χ4v) is 4.45. The van der Waals surface area contributed by atoms with Crippen LogP contribution in [0.5, 0.6) is 5.75 Å². The molecular formula is C19H22N2O5S. The molecule has 1 amide bonds. The zero-order chi connectivity index (χ0) is 19.3. The molecule has 0 radical (unpaired) electrons. The number of para-hydroxylation sites is 1. The fourth-order valence-electron chi connectivity index (χ4n) is 2.80. The van der Waals surface area contributed by atoms with Crippen LogP contribution in [0, 0.1) is 0 Å². The minimum absolute atomic E-state index is 0.137. The third kappa shape index (κ3) is 4.85. The van der Waals surface area contributed by atoms with Gasteiger partial charge in [-0.2, -0.15) is 4.31 Å². The maximum Gasteiger partial charge on any atom is 0.262 e. The van der Waals surface area contributed by atoms with Crippen LogP contribution in [0.3, 0.4) is 0 Å². The normalized spacial score (nSPS) is 18.0. The van der Waals surface area contributed by atoms with Crippen LogP contribution in [0.1, 0.15) is 6.92 Å². The molecule has 1 aliphatic rings. The van der Waals surface area contributed by atoms with Gasteiger partial charge >= 0.3 is 0 Å². The van der Waals surface area contributed by atoms with Crippen molar-refractivity contribution in [2.24, 2.45) is 0 Å². The van der Waals surface area contributed by atoms with E-state index in [1.165, 1.54) is 16.4 Å². The molecule has 1 N–H and O–H groups in total. The summed E-state index contributed by atoms with van der Waals surface area (Å²) in [5.74, 6) is 0.221. The quantitative estimate of drug-likeness (QED) is 0.817. The highest BCUT2D eigenvalue weighted by molar-refractivity contribution is 7.89. The second kappa shape index (κ2) is 8.51. The Morgan fingerprint density at radius 2 is 2.00 bits per heavy atom. The second-order valence-electron chi connectivity index (χ2n) is 6.22. The van der Waals surface area contributed by atoms with Gasteiger partial charge in [-0.3, -0.25) is 4.79 Å². The summed E-state index contributed by atoms with van der Waals surface area (Å²) < 4.78 is 37.9. The van der Waals surface area contributed by atoms with E-state index in [2.05, 4.69) is 5.32 Å². The van der Waals surface area contributed by atoms with Crippen molar-refractivity contribution < 1.29 is 22.7 Å². The molecule has 0 spiro atoms. The van der Waals surface area contributed by atoms with Crippen LogP contribution in [0.4, 0.5) is 5.69 Å². The molecule has 2 aromatic rings. The predicted octanol–water partition coefficient (Wildman–Crippen LogP) is 2.11. The lowest BCUT2D eigenvalue weighted by atomic mass is 10.3. The summed E-state index contributed by atoms with van der Waals surface area (Å²) in [6, 6.07) is 15.0. The number of benzene rings is 2. The van der Waals surface area contributed by atoms with Gasteiger partial charge < -0.3 is 14.8 Å². The number of anilines is 1. The lowest BCUT2D eigenvalue weighted by Gasteiger charge is -2.32. The van der Waals surface area contributed by atoms with E-state index in [1.807, 2.05) is 25.1 Å². The summed E-state index contributed by atoms with van der Waals surface area (Å²) >= 11 is 0. The smallest absolute Gasteiger partial charge is 0.262 e. The summed E-state index contributed by atoms with van der Waals surface area (Å²) in [6.45, 7) is 2.69. The van der Waals surface area contributed by atoms with Crippen molar-refractivity contribution >= 4 is 21.6 Å². The molecule has 27 heavy (non-hydrogen) atoms. The molecule has 1 atom stereocenters. The Morgan fingerprint density at radius 1 is 1.22 bits per heavy atom. The zero-order valence-electron chi connectivity index (χ0n) is 15.0. The largest absolute Gasteiger partial charge is 0.484 e. The first-order chi connectivity index (χ1) is 13.0. The van der Waals surface area contributed by atoms with E-state index in [1.54, 1.807) is 24.3 Å². The zero-order valence-corrected chi connectivity index (χ0v) is 15.8. The summed E-state index contributed by atoms with van der Waals surface area (Å²) in [5, 5.41) is 2.67. The van der Waals surface area contributed by atoms with Gasteiger partial charge in [0, 0.05) is 18.3 Å². The molecule has 1 saturated heterocycles. The van der Waals surface area contributed by atoms with Gasteiger partial charge in [-0.1, -0.05) is 24.3 Å². The monoisotopic (exact) mass is 390 g/mol. The summed E-state index contributed by atoms with van der Waals surface area (Å²) in [6.07, 6.45) is 0. The Bertz CT molecular complexity index is 886. The molecule has 2 aromatic carbocycles. The number of amides is 1. The highest BCUT2D eigenvalue weighted by Gasteiger charge is 2.31. The first-order valence-electron chi connectivity index (χ1n) is 8.64. The van der Waals surface area contributed by atoms with Gasteiger partial charge in [-0.05, 0) is 37.3 Å². The van der Waals surface area contributed by atoms with Crippen molar-refractivity contribution in [3.05, 3.63) is 54.6 Å². The number of carbonyl (C=O) groups excluding carboxylic acids is 1. The highest BCUT2D eigenvalue weighted by Crippen LogP contribution is 2.23. The van der Waals surface area contributed by atoms with Crippen molar-refractivity contribution in [1.29, 1.82) is 0 Å². The van der Waals surface area contributed by atoms with Crippen LogP contribution < -0.4 is 10.1 Å². The van der Waals surface area contributed by atoms with E-state index in [4.69, 9.17) is 9.47 Å². The third-order valence-electron chi connectivity index (χ3n) is 4.14. The van der Waals surface area contributed by atoms with E-state index in [-0.39, 0.29) is 23.5 Å². The number of hydrogen-bond donors (Lipinski definition) is 1. The molecule has 0 bridgehead atoms. The van der Waals surface area contributed by atoms with Gasteiger partial charge in [-0.15, -0.1) is 0 Å². The molecule has 1 unspecified atom stereocenters. The first kappa shape index (κ1) is 19.3. The maximum absolute atomic E-state index is 12.9. The van der Waals surface area contributed by atoms with Gasteiger partial charge in [0.25, 0.3) is 5.91 Å². The van der Waals surface area contributed by atoms with Crippen LogP contribution in [-0.2, 0) is 19.6 Å². The summed E-state index contributed by atoms with van der Waals surface area (Å²) in [5.41, 5.74) is 0.402. The van der Waals surface area contributed by atoms with E-state index >= 15 is 0 Å². The molecule has 1 aliphatic heterocycles. The van der Waals surface area contributed by atoms with Crippen LogP contribution in [0.25, 0.3) is 0 Å². The van der Waals surface area contributed by atoms with Gasteiger partial charge in [-0.25, -0.2) is 8.42 Å². The molecule has 7 nitrogen and oxygen atoms in total. The van der Waals surface area contributed by atoms with E-state index in [0.717, 1.165) is 0 Å². The molecule has 1 heterocycles. The number of carbonyl (C=O) groups is 1. The van der Waals surface area contributed by atoms with Gasteiger partial charge in [0.15, 0.2) is 6.61 Å². The number of ether oxygens (including phenoxy) is 2. The minimum Gasteiger partial charge on any atom is -0.484 e. The van der Waals surface area contributed by atoms with E-state index in [0.29, 0.717) is 31.2 Å². The summed E-state index contributed by atoms with van der Waals surface area (Å²) in [4.78, 5) is 12.2. The fraction of sp³-hybridized carbons (Fsp3) is 0.316. The van der Waals surface area contributed by atoms with Crippen molar-refractivity contribution in [3.63, 3.8) is 0 Å². The Hall–Kier alpha value is -2.42. The van der Waals surface area contributed by atoms with E-state index in [9.17, 15) is 13.2 Å².